The van der Waals surface area contributed by atoms with Gasteiger partial charge in [-0.3, -0.25) is 0 Å². The van der Waals surface area contributed by atoms with Crippen LogP contribution in [0, 0.1) is 0 Å². The van der Waals surface area contributed by atoms with Crippen molar-refractivity contribution in [3.63, 3.8) is 0 Å². The predicted octanol–water partition coefficient (Wildman–Crippen LogP) is 5.69. The van der Waals surface area contributed by atoms with Crippen LogP contribution in [0.1, 0.15) is 5.56 Å². The van der Waals surface area contributed by atoms with Gasteiger partial charge in [0.25, 0.3) is 0 Å². The van der Waals surface area contributed by atoms with Crippen LogP contribution in [0.3, 0.4) is 0 Å². The van der Waals surface area contributed by atoms with Gasteiger partial charge < -0.3 is 4.74 Å². The lowest BCUT2D eigenvalue weighted by atomic mass is 10.0. The van der Waals surface area contributed by atoms with Gasteiger partial charge in [-0.25, -0.2) is 0 Å². The number of rotatable bonds is 2. The summed E-state index contributed by atoms with van der Waals surface area (Å²) in [6.45, 7) is 0. The maximum absolute atomic E-state index is 13.0. The van der Waals surface area contributed by atoms with E-state index in [-0.39, 0.29) is 21.4 Å². The van der Waals surface area contributed by atoms with Crippen LogP contribution in [0.2, 0.25) is 10.0 Å². The van der Waals surface area contributed by atoms with E-state index in [1.165, 1.54) is 19.2 Å². The summed E-state index contributed by atoms with van der Waals surface area (Å²) in [5.41, 5.74) is -0.217. The summed E-state index contributed by atoms with van der Waals surface area (Å²) < 4.78 is 43.8. The Morgan fingerprint density at radius 2 is 1.55 bits per heavy atom. The molecule has 0 saturated carbocycles. The molecule has 0 heterocycles. The summed E-state index contributed by atoms with van der Waals surface area (Å²) in [6, 6.07) is 8.53. The zero-order valence-electron chi connectivity index (χ0n) is 10.3. The number of halogens is 5. The second-order valence-corrected chi connectivity index (χ2v) is 4.77. The van der Waals surface area contributed by atoms with E-state index >= 15 is 0 Å². The maximum atomic E-state index is 13.0. The second-order valence-electron chi connectivity index (χ2n) is 3.99. The van der Waals surface area contributed by atoms with Crippen molar-refractivity contribution >= 4 is 23.2 Å². The van der Waals surface area contributed by atoms with Gasteiger partial charge >= 0.3 is 6.18 Å². The van der Waals surface area contributed by atoms with E-state index in [1.54, 1.807) is 18.2 Å². The van der Waals surface area contributed by atoms with Crippen LogP contribution in [-0.2, 0) is 6.18 Å². The lowest BCUT2D eigenvalue weighted by Crippen LogP contribution is -2.08. The van der Waals surface area contributed by atoms with E-state index in [0.29, 0.717) is 5.56 Å². The molecule has 2 aromatic rings. The van der Waals surface area contributed by atoms with Crippen LogP contribution in [0.25, 0.3) is 11.1 Å². The molecule has 0 spiro atoms. The Balaban J connectivity index is 2.72. The Hall–Kier alpha value is -1.39. The van der Waals surface area contributed by atoms with E-state index in [0.717, 1.165) is 6.07 Å². The molecule has 0 N–H and O–H groups in total. The summed E-state index contributed by atoms with van der Waals surface area (Å²) in [7, 11) is 1.19. The first-order valence-electron chi connectivity index (χ1n) is 5.55. The highest BCUT2D eigenvalue weighted by atomic mass is 35.5. The van der Waals surface area contributed by atoms with Gasteiger partial charge in [-0.15, -0.1) is 0 Å². The van der Waals surface area contributed by atoms with Crippen molar-refractivity contribution in [3.8, 4) is 16.9 Å². The molecule has 20 heavy (non-hydrogen) atoms. The molecular formula is C14H9Cl2F3O. The molecule has 1 nitrogen and oxygen atoms in total. The van der Waals surface area contributed by atoms with E-state index in [4.69, 9.17) is 27.9 Å². The van der Waals surface area contributed by atoms with Crippen molar-refractivity contribution in [1.82, 2.24) is 0 Å². The fraction of sp³-hybridized carbons (Fsp3) is 0.143. The minimum atomic E-state index is -4.51. The maximum Gasteiger partial charge on any atom is 0.419 e. The van der Waals surface area contributed by atoms with Gasteiger partial charge in [-0.05, 0) is 12.1 Å². The first-order chi connectivity index (χ1) is 9.36. The Labute approximate surface area is 123 Å². The fourth-order valence-electron chi connectivity index (χ4n) is 1.90. The number of methoxy groups -OCH3 is 1. The standard InChI is InChI=1S/C14H9Cl2F3O/c1-20-13-9(5-2-6-10(13)14(17,18)19)8-4-3-7-11(15)12(8)16/h2-7H,1H3. The van der Waals surface area contributed by atoms with E-state index < -0.39 is 11.7 Å². The molecule has 0 atom stereocenters. The zero-order chi connectivity index (χ0) is 14.9. The highest BCUT2D eigenvalue weighted by molar-refractivity contribution is 6.43. The molecule has 0 aromatic heterocycles. The second kappa shape index (κ2) is 5.54. The quantitative estimate of drug-likeness (QED) is 0.690. The molecule has 0 bridgehead atoms. The third-order valence-electron chi connectivity index (χ3n) is 2.77. The normalized spacial score (nSPS) is 11.5. The molecule has 0 aliphatic carbocycles. The number of benzene rings is 2. The summed E-state index contributed by atoms with van der Waals surface area (Å²) in [4.78, 5) is 0. The third-order valence-corrected chi connectivity index (χ3v) is 3.59. The average molecular weight is 321 g/mol. The third kappa shape index (κ3) is 2.72. The smallest absolute Gasteiger partial charge is 0.419 e. The molecule has 0 radical (unpaired) electrons. The van der Waals surface area contributed by atoms with Gasteiger partial charge in [0.1, 0.15) is 5.75 Å². The highest BCUT2D eigenvalue weighted by Gasteiger charge is 2.35. The Morgan fingerprint density at radius 1 is 0.950 bits per heavy atom. The van der Waals surface area contributed by atoms with Crippen LogP contribution >= 0.6 is 23.2 Å². The van der Waals surface area contributed by atoms with Gasteiger partial charge in [-0.1, -0.05) is 47.5 Å². The minimum Gasteiger partial charge on any atom is -0.495 e. The van der Waals surface area contributed by atoms with Gasteiger partial charge in [0.05, 0.1) is 22.7 Å². The zero-order valence-corrected chi connectivity index (χ0v) is 11.8. The van der Waals surface area contributed by atoms with Crippen LogP contribution in [-0.4, -0.2) is 7.11 Å². The summed E-state index contributed by atoms with van der Waals surface area (Å²) in [5, 5.41) is 0.454. The summed E-state index contributed by atoms with van der Waals surface area (Å²) >= 11 is 11.9. The molecule has 0 amide bonds. The van der Waals surface area contributed by atoms with E-state index in [9.17, 15) is 13.2 Å². The van der Waals surface area contributed by atoms with Crippen molar-refractivity contribution in [2.24, 2.45) is 0 Å². The summed E-state index contributed by atoms with van der Waals surface area (Å²) in [6.07, 6.45) is -4.51. The Kier molecular flexibility index (Phi) is 4.16. The lowest BCUT2D eigenvalue weighted by molar-refractivity contribution is -0.138. The lowest BCUT2D eigenvalue weighted by Gasteiger charge is -2.16. The molecular weight excluding hydrogens is 312 g/mol. The van der Waals surface area contributed by atoms with Gasteiger partial charge in [0.15, 0.2) is 0 Å². The number of ether oxygens (including phenoxy) is 1. The Bertz CT molecular complexity index is 639. The van der Waals surface area contributed by atoms with Crippen LogP contribution in [0.4, 0.5) is 13.2 Å². The predicted molar refractivity (Wildman–Crippen MR) is 73.5 cm³/mol. The van der Waals surface area contributed by atoms with E-state index in [1.807, 2.05) is 0 Å². The molecule has 0 aliphatic rings. The molecule has 0 unspecified atom stereocenters. The first kappa shape index (κ1) is 15.0. The first-order valence-corrected chi connectivity index (χ1v) is 6.30. The molecule has 0 fully saturated rings. The van der Waals surface area contributed by atoms with Crippen molar-refractivity contribution < 1.29 is 17.9 Å². The van der Waals surface area contributed by atoms with Crippen molar-refractivity contribution in [2.45, 2.75) is 6.18 Å². The molecule has 106 valence electrons. The SMILES string of the molecule is COc1c(-c2cccc(Cl)c2Cl)cccc1C(F)(F)F. The topological polar surface area (TPSA) is 9.23 Å². The number of alkyl halides is 3. The molecule has 6 heteroatoms. The fourth-order valence-corrected chi connectivity index (χ4v) is 2.31. The highest BCUT2D eigenvalue weighted by Crippen LogP contribution is 2.44. The van der Waals surface area contributed by atoms with Crippen LogP contribution in [0.15, 0.2) is 36.4 Å². The largest absolute Gasteiger partial charge is 0.495 e. The number of hydrogen-bond acceptors (Lipinski definition) is 1. The minimum absolute atomic E-state index is 0.187. The average Bonchev–Trinajstić information content (AvgIpc) is 2.40. The molecule has 0 saturated heterocycles. The number of hydrogen-bond donors (Lipinski definition) is 0. The molecule has 0 aliphatic heterocycles. The van der Waals surface area contributed by atoms with Crippen molar-refractivity contribution in [2.75, 3.05) is 7.11 Å². The van der Waals surface area contributed by atoms with Crippen molar-refractivity contribution in [3.05, 3.63) is 52.0 Å². The number of para-hydroxylation sites is 1. The van der Waals surface area contributed by atoms with Gasteiger partial charge in [-0.2, -0.15) is 13.2 Å². The molecule has 2 rings (SSSR count). The Morgan fingerprint density at radius 3 is 2.15 bits per heavy atom. The van der Waals surface area contributed by atoms with E-state index in [2.05, 4.69) is 0 Å². The van der Waals surface area contributed by atoms with Crippen molar-refractivity contribution in [1.29, 1.82) is 0 Å². The van der Waals surface area contributed by atoms with Gasteiger partial charge in [0, 0.05) is 11.1 Å². The summed E-state index contributed by atoms with van der Waals surface area (Å²) in [5.74, 6) is -0.274. The monoisotopic (exact) mass is 320 g/mol. The van der Waals surface area contributed by atoms with Crippen LogP contribution in [0.5, 0.6) is 5.75 Å². The van der Waals surface area contributed by atoms with Crippen LogP contribution < -0.4 is 4.74 Å². The molecule has 2 aromatic carbocycles. The van der Waals surface area contributed by atoms with Gasteiger partial charge in [0.2, 0.25) is 0 Å².